The van der Waals surface area contributed by atoms with E-state index < -0.39 is 15.9 Å². The molecule has 0 atom stereocenters. The smallest absolute Gasteiger partial charge is 0.260 e. The summed E-state index contributed by atoms with van der Waals surface area (Å²) < 4.78 is 24.9. The van der Waals surface area contributed by atoms with Crippen LogP contribution in [0.2, 0.25) is 0 Å². The number of benzene rings is 1. The van der Waals surface area contributed by atoms with E-state index >= 15 is 0 Å². The van der Waals surface area contributed by atoms with Crippen molar-refractivity contribution in [2.24, 2.45) is 5.10 Å². The van der Waals surface area contributed by atoms with E-state index in [-0.39, 0.29) is 6.54 Å². The highest BCUT2D eigenvalue weighted by Gasteiger charge is 2.20. The maximum Gasteiger partial charge on any atom is 0.260 e. The molecule has 0 spiro atoms. The summed E-state index contributed by atoms with van der Waals surface area (Å²) in [5.41, 5.74) is 3.85. The van der Waals surface area contributed by atoms with Gasteiger partial charge in [0.25, 0.3) is 5.91 Å². The summed E-state index contributed by atoms with van der Waals surface area (Å²) in [6.07, 6.45) is 2.70. The van der Waals surface area contributed by atoms with Crippen molar-refractivity contribution in [3.8, 4) is 0 Å². The molecular weight excluding hydrogens is 316 g/mol. The first-order valence-corrected chi connectivity index (χ1v) is 9.26. The molecule has 1 amide bonds. The lowest BCUT2D eigenvalue weighted by molar-refractivity contribution is -0.119. The quantitative estimate of drug-likeness (QED) is 0.799. The predicted octanol–water partition coefficient (Wildman–Crippen LogP) is 0.650. The summed E-state index contributed by atoms with van der Waals surface area (Å²) in [6.45, 7) is 1.53. The van der Waals surface area contributed by atoms with E-state index in [9.17, 15) is 13.2 Å². The Morgan fingerprint density at radius 1 is 1.26 bits per heavy atom. The Morgan fingerprint density at radius 2 is 1.87 bits per heavy atom. The molecule has 1 aromatic rings. The Bertz CT molecular complexity index is 663. The van der Waals surface area contributed by atoms with Gasteiger partial charge in [0.2, 0.25) is 10.0 Å². The first kappa shape index (κ1) is 17.4. The van der Waals surface area contributed by atoms with Gasteiger partial charge in [-0.25, -0.2) is 13.8 Å². The summed E-state index contributed by atoms with van der Waals surface area (Å²) in [5, 5.41) is 4.12. The molecule has 0 unspecified atom stereocenters. The molecule has 0 aromatic heterocycles. The van der Waals surface area contributed by atoms with Gasteiger partial charge in [0.1, 0.15) is 6.54 Å². The number of nitrogens with zero attached hydrogens (tertiary/aromatic N) is 3. The van der Waals surface area contributed by atoms with Crippen LogP contribution in [0.4, 0.5) is 5.69 Å². The molecule has 1 aliphatic heterocycles. The number of carbonyl (C=O) groups is 1. The highest BCUT2D eigenvalue weighted by atomic mass is 32.2. The van der Waals surface area contributed by atoms with E-state index in [0.29, 0.717) is 5.69 Å². The summed E-state index contributed by atoms with van der Waals surface area (Å²) in [4.78, 5) is 14.2. The Morgan fingerprint density at radius 3 is 2.43 bits per heavy atom. The monoisotopic (exact) mass is 338 g/mol. The Labute approximate surface area is 137 Å². The highest BCUT2D eigenvalue weighted by Crippen LogP contribution is 2.16. The molecular formula is C15H22N4O3S. The maximum absolute atomic E-state index is 12.0. The number of piperidine rings is 1. The summed E-state index contributed by atoms with van der Waals surface area (Å²) in [7, 11) is -1.51. The average Bonchev–Trinajstić information content (AvgIpc) is 2.52. The lowest BCUT2D eigenvalue weighted by Crippen LogP contribution is -2.39. The number of rotatable bonds is 5. The largest absolute Gasteiger partial charge is 0.306 e. The number of hydrogen-bond donors (Lipinski definition) is 1. The topological polar surface area (TPSA) is 82.1 Å². The molecule has 1 fully saturated rings. The Hall–Kier alpha value is -1.93. The molecule has 0 radical (unpaired) electrons. The van der Waals surface area contributed by atoms with Gasteiger partial charge in [-0.05, 0) is 19.2 Å². The summed E-state index contributed by atoms with van der Waals surface area (Å²) in [6, 6.07) is 8.54. The van der Waals surface area contributed by atoms with Crippen LogP contribution in [-0.2, 0) is 14.8 Å². The van der Waals surface area contributed by atoms with E-state index in [1.165, 1.54) is 0 Å². The minimum absolute atomic E-state index is 0.292. The molecule has 126 valence electrons. The Kier molecular flexibility index (Phi) is 5.73. The molecule has 7 nitrogen and oxygen atoms in total. The minimum Gasteiger partial charge on any atom is -0.306 e. The number of sulfonamides is 1. The molecule has 1 aromatic carbocycles. The molecule has 1 saturated heterocycles. The Balaban J connectivity index is 2.00. The van der Waals surface area contributed by atoms with Gasteiger partial charge in [-0.15, -0.1) is 0 Å². The molecule has 1 N–H and O–H groups in total. The van der Waals surface area contributed by atoms with Crippen molar-refractivity contribution in [1.82, 2.24) is 10.3 Å². The number of likely N-dealkylation sites (tertiary alicyclic amines) is 1. The van der Waals surface area contributed by atoms with E-state index in [1.54, 1.807) is 30.3 Å². The van der Waals surface area contributed by atoms with Crippen LogP contribution in [-0.4, -0.2) is 57.9 Å². The molecule has 0 aliphatic carbocycles. The minimum atomic E-state index is -3.55. The van der Waals surface area contributed by atoms with Crippen LogP contribution in [0.15, 0.2) is 35.4 Å². The fourth-order valence-electron chi connectivity index (χ4n) is 2.29. The van der Waals surface area contributed by atoms with Crippen LogP contribution in [0.1, 0.15) is 12.8 Å². The van der Waals surface area contributed by atoms with Gasteiger partial charge in [0, 0.05) is 31.6 Å². The number of carbonyl (C=O) groups excluding carboxylic acids is 1. The van der Waals surface area contributed by atoms with Crippen molar-refractivity contribution >= 4 is 27.3 Å². The van der Waals surface area contributed by atoms with Crippen molar-refractivity contribution < 1.29 is 13.2 Å². The number of nitrogens with one attached hydrogen (secondary N) is 1. The van der Waals surface area contributed by atoms with Gasteiger partial charge in [-0.2, -0.15) is 5.10 Å². The molecule has 1 heterocycles. The number of hydrogen-bond acceptors (Lipinski definition) is 5. The van der Waals surface area contributed by atoms with Crippen LogP contribution < -0.4 is 9.73 Å². The van der Waals surface area contributed by atoms with Crippen molar-refractivity contribution in [3.05, 3.63) is 30.3 Å². The third-order valence-corrected chi connectivity index (χ3v) is 4.78. The third-order valence-electron chi connectivity index (χ3n) is 3.63. The van der Waals surface area contributed by atoms with Gasteiger partial charge in [-0.3, -0.25) is 9.10 Å². The van der Waals surface area contributed by atoms with Crippen LogP contribution in [0.5, 0.6) is 0 Å². The van der Waals surface area contributed by atoms with Crippen LogP contribution >= 0.6 is 0 Å². The lowest BCUT2D eigenvalue weighted by Gasteiger charge is -2.23. The number of hydrazone groups is 1. The van der Waals surface area contributed by atoms with E-state index in [4.69, 9.17) is 0 Å². The zero-order valence-electron chi connectivity index (χ0n) is 13.4. The van der Waals surface area contributed by atoms with Gasteiger partial charge in [-0.1, -0.05) is 18.2 Å². The van der Waals surface area contributed by atoms with Gasteiger partial charge in [0.15, 0.2) is 0 Å². The normalized spacial score (nSPS) is 16.0. The standard InChI is InChI=1S/C15H22N4O3S/c1-18-10-8-13(9-11-18)16-17-15(20)12-19(23(2,21)22)14-6-4-3-5-7-14/h3-7H,8-12H2,1-2H3,(H,17,20). The third kappa shape index (κ3) is 5.33. The van der Waals surface area contributed by atoms with Crippen molar-refractivity contribution in [2.45, 2.75) is 12.8 Å². The lowest BCUT2D eigenvalue weighted by atomic mass is 10.1. The summed E-state index contributed by atoms with van der Waals surface area (Å²) in [5.74, 6) is -0.453. The number of anilines is 1. The first-order chi connectivity index (χ1) is 10.9. The molecule has 8 heteroatoms. The van der Waals surface area contributed by atoms with E-state index in [1.807, 2.05) is 7.05 Å². The van der Waals surface area contributed by atoms with Crippen molar-refractivity contribution in [3.63, 3.8) is 0 Å². The van der Waals surface area contributed by atoms with Gasteiger partial charge < -0.3 is 4.90 Å². The maximum atomic E-state index is 12.0. The molecule has 2 rings (SSSR count). The fourth-order valence-corrected chi connectivity index (χ4v) is 3.15. The SMILES string of the molecule is CN1CCC(=NNC(=O)CN(c2ccccc2)S(C)(=O)=O)CC1. The van der Waals surface area contributed by atoms with E-state index in [0.717, 1.165) is 42.2 Å². The van der Waals surface area contributed by atoms with Gasteiger partial charge in [0.05, 0.1) is 11.9 Å². The van der Waals surface area contributed by atoms with E-state index in [2.05, 4.69) is 15.4 Å². The second kappa shape index (κ2) is 7.56. The first-order valence-electron chi connectivity index (χ1n) is 7.42. The number of amides is 1. The average molecular weight is 338 g/mol. The molecule has 23 heavy (non-hydrogen) atoms. The number of para-hydroxylation sites is 1. The molecule has 1 aliphatic rings. The molecule has 0 bridgehead atoms. The summed E-state index contributed by atoms with van der Waals surface area (Å²) >= 11 is 0. The second-order valence-electron chi connectivity index (χ2n) is 5.62. The zero-order valence-corrected chi connectivity index (χ0v) is 14.2. The second-order valence-corrected chi connectivity index (χ2v) is 7.53. The fraction of sp³-hybridized carbons (Fsp3) is 0.467. The van der Waals surface area contributed by atoms with Crippen molar-refractivity contribution in [2.75, 3.05) is 37.2 Å². The zero-order chi connectivity index (χ0) is 16.9. The highest BCUT2D eigenvalue weighted by molar-refractivity contribution is 7.92. The molecule has 0 saturated carbocycles. The van der Waals surface area contributed by atoms with Gasteiger partial charge >= 0.3 is 0 Å². The van der Waals surface area contributed by atoms with Crippen LogP contribution in [0, 0.1) is 0 Å². The van der Waals surface area contributed by atoms with Crippen molar-refractivity contribution in [1.29, 1.82) is 0 Å². The van der Waals surface area contributed by atoms with Crippen LogP contribution in [0.3, 0.4) is 0 Å². The van der Waals surface area contributed by atoms with Crippen LogP contribution in [0.25, 0.3) is 0 Å². The predicted molar refractivity (Wildman–Crippen MR) is 90.9 cm³/mol.